The van der Waals surface area contributed by atoms with Crippen molar-refractivity contribution in [2.45, 2.75) is 31.2 Å². The standard InChI is InChI=1S/C13H19BO5PS/c1-16-13-11(15)12(10(19-13)8-18-21-20-14)17-7-9-5-3-2-4-6-9/h2-6,10-15,20H,7-8H2,1H3/t10?,11-,12+,13?,20?/m0/s1/i14T,20D. The molecule has 1 saturated heterocycles. The van der Waals surface area contributed by atoms with Crippen molar-refractivity contribution in [2.24, 2.45) is 0 Å². The molecule has 115 valence electrons. The second kappa shape index (κ2) is 9.11. The number of hydrogen-bond donors (Lipinski definition) is 1. The summed E-state index contributed by atoms with van der Waals surface area (Å²) in [5, 5.41) is 10.2. The van der Waals surface area contributed by atoms with Crippen molar-refractivity contribution in [3.8, 4) is 0 Å². The van der Waals surface area contributed by atoms with Gasteiger partial charge < -0.3 is 23.5 Å². The first-order chi connectivity index (χ1) is 11.2. The average molecular weight is 332 g/mol. The molecule has 1 heterocycles. The Balaban J connectivity index is 1.89. The molecule has 1 fully saturated rings. The Hall–Kier alpha value is -0.135. The minimum atomic E-state index is -1.39. The lowest BCUT2D eigenvalue weighted by Crippen LogP contribution is -2.37. The number of ether oxygens (including phenoxy) is 3. The molecule has 0 saturated carbocycles. The van der Waals surface area contributed by atoms with E-state index in [1.165, 1.54) is 7.11 Å². The van der Waals surface area contributed by atoms with Gasteiger partial charge in [-0.1, -0.05) is 37.9 Å². The molecule has 0 bridgehead atoms. The summed E-state index contributed by atoms with van der Waals surface area (Å²) in [7, 11) is 1.10. The SMILES string of the molecule is [2H]P([B][3H])SOCC1OC(OC)[C@@H](O)[C@@H]1OCc1ccccc1. The summed E-state index contributed by atoms with van der Waals surface area (Å²) in [5.41, 5.74) is 0.994. The van der Waals surface area contributed by atoms with Gasteiger partial charge in [0.1, 0.15) is 25.8 Å². The minimum absolute atomic E-state index is 0.145. The van der Waals surface area contributed by atoms with Gasteiger partial charge in [-0.15, -0.1) is 0 Å². The lowest BCUT2D eigenvalue weighted by molar-refractivity contribution is -0.151. The van der Waals surface area contributed by atoms with Gasteiger partial charge in [0.2, 0.25) is 0 Å². The molecule has 1 N–H and O–H groups in total. The Bertz CT molecular complexity index is 463. The zero-order valence-corrected chi connectivity index (χ0v) is 13.3. The zero-order chi connectivity index (χ0) is 16.7. The van der Waals surface area contributed by atoms with E-state index in [9.17, 15) is 5.11 Å². The van der Waals surface area contributed by atoms with Crippen molar-refractivity contribution < 1.29 is 23.5 Å². The van der Waals surface area contributed by atoms with Gasteiger partial charge in [0.25, 0.3) is 0 Å². The third kappa shape index (κ3) is 4.93. The maximum absolute atomic E-state index is 10.2. The van der Waals surface area contributed by atoms with Crippen molar-refractivity contribution in [1.82, 2.24) is 0 Å². The molecule has 5 nitrogen and oxygen atoms in total. The van der Waals surface area contributed by atoms with Crippen LogP contribution in [0.15, 0.2) is 30.3 Å². The monoisotopic (exact) mass is 332 g/mol. The van der Waals surface area contributed by atoms with Crippen molar-refractivity contribution >= 4 is 26.8 Å². The van der Waals surface area contributed by atoms with Crippen LogP contribution in [-0.4, -0.2) is 53.6 Å². The van der Waals surface area contributed by atoms with Gasteiger partial charge in [0, 0.05) is 18.8 Å². The van der Waals surface area contributed by atoms with E-state index in [0.29, 0.717) is 6.61 Å². The molecule has 0 amide bonds. The molecule has 1 aromatic rings. The summed E-state index contributed by atoms with van der Waals surface area (Å²) in [6.45, 7) is 0.490. The second-order valence-corrected chi connectivity index (χ2v) is 6.17. The summed E-state index contributed by atoms with van der Waals surface area (Å²) < 4.78 is 36.3. The van der Waals surface area contributed by atoms with Crippen molar-refractivity contribution in [1.29, 1.82) is 2.61 Å². The van der Waals surface area contributed by atoms with E-state index >= 15 is 0 Å². The first kappa shape index (κ1) is 14.5. The summed E-state index contributed by atoms with van der Waals surface area (Å²) in [6.07, 6.45) is -2.77. The third-order valence-electron chi connectivity index (χ3n) is 3.14. The zero-order valence-electron chi connectivity index (χ0n) is 13.6. The molecule has 0 aromatic heterocycles. The van der Waals surface area contributed by atoms with Gasteiger partial charge in [0.15, 0.2) is 6.29 Å². The lowest BCUT2D eigenvalue weighted by atomic mass is 10.1. The van der Waals surface area contributed by atoms with Crippen molar-refractivity contribution in [2.75, 3.05) is 13.7 Å². The fourth-order valence-electron chi connectivity index (χ4n) is 2.13. The molecule has 1 aliphatic rings. The minimum Gasteiger partial charge on any atom is -0.385 e. The van der Waals surface area contributed by atoms with Gasteiger partial charge >= 0.3 is 0 Å². The highest BCUT2D eigenvalue weighted by Gasteiger charge is 2.45. The van der Waals surface area contributed by atoms with Crippen LogP contribution in [0.5, 0.6) is 0 Å². The summed E-state index contributed by atoms with van der Waals surface area (Å²) >= 11 is 0.920. The number of aliphatic hydroxyl groups is 1. The first-order valence-corrected chi connectivity index (χ1v) is 8.78. The van der Waals surface area contributed by atoms with Crippen LogP contribution in [0.4, 0.5) is 0 Å². The molecular weight excluding hydrogens is 310 g/mol. The Morgan fingerprint density at radius 2 is 2.38 bits per heavy atom. The van der Waals surface area contributed by atoms with Crippen LogP contribution >= 0.6 is 19.3 Å². The van der Waals surface area contributed by atoms with Gasteiger partial charge in [0.05, 0.1) is 14.5 Å². The number of aliphatic hydroxyl groups excluding tert-OH is 1. The predicted octanol–water partition coefficient (Wildman–Crippen LogP) is 1.38. The Labute approximate surface area is 134 Å². The second-order valence-electron chi connectivity index (χ2n) is 4.49. The van der Waals surface area contributed by atoms with Crippen LogP contribution in [0.1, 0.15) is 5.56 Å². The Kier molecular flexibility index (Phi) is 6.27. The van der Waals surface area contributed by atoms with Crippen LogP contribution in [0.3, 0.4) is 0 Å². The molecule has 8 heteroatoms. The summed E-state index contributed by atoms with van der Waals surface area (Å²) in [5.74, 6) is 0. The van der Waals surface area contributed by atoms with E-state index in [0.717, 1.165) is 24.8 Å². The Morgan fingerprint density at radius 1 is 1.57 bits per heavy atom. The van der Waals surface area contributed by atoms with Gasteiger partial charge in [-0.05, 0) is 6.90 Å². The van der Waals surface area contributed by atoms with Crippen molar-refractivity contribution in [3.05, 3.63) is 35.9 Å². The number of benzene rings is 1. The van der Waals surface area contributed by atoms with Gasteiger partial charge in [-0.3, -0.25) is 0 Å². The normalized spacial score (nSPS) is 31.5. The quantitative estimate of drug-likeness (QED) is 0.419. The highest BCUT2D eigenvalue weighted by atomic mass is 32.7. The highest BCUT2D eigenvalue weighted by Crippen LogP contribution is 2.29. The van der Waals surface area contributed by atoms with Crippen LogP contribution in [0, 0.1) is 0 Å². The van der Waals surface area contributed by atoms with E-state index in [-0.39, 0.29) is 6.61 Å². The van der Waals surface area contributed by atoms with Gasteiger partial charge in [-0.25, -0.2) is 0 Å². The molecule has 2 rings (SSSR count). The van der Waals surface area contributed by atoms with Gasteiger partial charge in [-0.2, -0.15) is 0 Å². The number of hydrogen-bond acceptors (Lipinski definition) is 6. The molecule has 0 aliphatic carbocycles. The smallest absolute Gasteiger partial charge is 0.186 e. The molecule has 3 unspecified atom stereocenters. The fraction of sp³-hybridized carbons (Fsp3) is 0.538. The summed E-state index contributed by atoms with van der Waals surface area (Å²) in [6, 6.07) is 9.64. The summed E-state index contributed by atoms with van der Waals surface area (Å²) in [4.78, 5) is 0. The van der Waals surface area contributed by atoms with Crippen LogP contribution in [0.2, 0.25) is 0 Å². The number of rotatable bonds is 9. The van der Waals surface area contributed by atoms with Crippen LogP contribution in [-0.2, 0) is 25.0 Å². The molecule has 1 aliphatic heterocycles. The molecule has 1 radical (unpaired) electrons. The number of methoxy groups -OCH3 is 1. The molecule has 0 spiro atoms. The third-order valence-corrected chi connectivity index (χ3v) is 4.04. The largest absolute Gasteiger partial charge is 0.385 e. The van der Waals surface area contributed by atoms with E-state index in [2.05, 4.69) is 0 Å². The lowest BCUT2D eigenvalue weighted by Gasteiger charge is -2.20. The topological polar surface area (TPSA) is 57.2 Å². The maximum atomic E-state index is 10.2. The average Bonchev–Trinajstić information content (AvgIpc) is 2.89. The highest BCUT2D eigenvalue weighted by molar-refractivity contribution is 8.53. The van der Waals surface area contributed by atoms with E-state index < -0.39 is 32.2 Å². The van der Waals surface area contributed by atoms with E-state index in [1.807, 2.05) is 30.3 Å². The Morgan fingerprint density at radius 3 is 3.10 bits per heavy atom. The molecule has 1 aromatic carbocycles. The fourth-order valence-corrected chi connectivity index (χ4v) is 2.76. The predicted molar refractivity (Wildman–Crippen MR) is 85.7 cm³/mol. The first-order valence-electron chi connectivity index (χ1n) is 7.49. The van der Waals surface area contributed by atoms with Crippen molar-refractivity contribution in [3.63, 3.8) is 0 Å². The van der Waals surface area contributed by atoms with Crippen LogP contribution < -0.4 is 0 Å². The molecular formula is C13H19BO5PS. The van der Waals surface area contributed by atoms with E-state index in [4.69, 9.17) is 21.0 Å². The molecule has 21 heavy (non-hydrogen) atoms. The maximum Gasteiger partial charge on any atom is 0.186 e. The van der Waals surface area contributed by atoms with Crippen LogP contribution in [0.25, 0.3) is 0 Å². The van der Waals surface area contributed by atoms with E-state index in [1.54, 1.807) is 0 Å². The molecule has 5 atom stereocenters.